The first-order valence-corrected chi connectivity index (χ1v) is 11.6. The van der Waals surface area contributed by atoms with E-state index >= 15 is 0 Å². The van der Waals surface area contributed by atoms with Gasteiger partial charge in [-0.1, -0.05) is 43.7 Å². The molecular weight excluding hydrogens is 370 g/mol. The normalized spacial score (nSPS) is 15.0. The Hall–Kier alpha value is -2.04. The SMILES string of the molecule is CCCc1ccccc1N1CCN(CCCCOc2cccc(CN(C)C)c2)CC1. The fourth-order valence-electron chi connectivity index (χ4n) is 4.24. The van der Waals surface area contributed by atoms with Crippen LogP contribution in [0, 0.1) is 0 Å². The van der Waals surface area contributed by atoms with E-state index in [1.54, 1.807) is 0 Å². The average Bonchev–Trinajstić information content (AvgIpc) is 2.74. The second-order valence-electron chi connectivity index (χ2n) is 8.65. The molecule has 0 aromatic heterocycles. The standard InChI is InChI=1S/C26H39N3O/c1-4-10-24-12-5-6-14-26(24)29-18-16-28(17-19-29)15-7-8-20-30-25-13-9-11-23(21-25)22-27(2)3/h5-6,9,11-14,21H,4,7-8,10,15-20,22H2,1-3H3. The molecule has 0 spiro atoms. The van der Waals surface area contributed by atoms with E-state index in [9.17, 15) is 0 Å². The number of benzene rings is 2. The molecule has 0 N–H and O–H groups in total. The Bertz CT molecular complexity index is 753. The van der Waals surface area contributed by atoms with E-state index in [1.807, 2.05) is 0 Å². The number of para-hydroxylation sites is 1. The molecule has 0 atom stereocenters. The zero-order valence-electron chi connectivity index (χ0n) is 19.1. The third-order valence-corrected chi connectivity index (χ3v) is 5.76. The lowest BCUT2D eigenvalue weighted by molar-refractivity contribution is 0.238. The summed E-state index contributed by atoms with van der Waals surface area (Å²) in [6.45, 7) is 9.78. The quantitative estimate of drug-likeness (QED) is 0.502. The van der Waals surface area contributed by atoms with E-state index in [2.05, 4.69) is 84.2 Å². The highest BCUT2D eigenvalue weighted by Crippen LogP contribution is 2.23. The highest BCUT2D eigenvalue weighted by molar-refractivity contribution is 5.54. The van der Waals surface area contributed by atoms with Crippen LogP contribution < -0.4 is 9.64 Å². The van der Waals surface area contributed by atoms with Gasteiger partial charge in [-0.25, -0.2) is 0 Å². The molecule has 4 heteroatoms. The zero-order valence-corrected chi connectivity index (χ0v) is 19.1. The van der Waals surface area contributed by atoms with E-state index in [-0.39, 0.29) is 0 Å². The third-order valence-electron chi connectivity index (χ3n) is 5.76. The molecule has 30 heavy (non-hydrogen) atoms. The van der Waals surface area contributed by atoms with Crippen LogP contribution >= 0.6 is 0 Å². The van der Waals surface area contributed by atoms with Gasteiger partial charge in [0.25, 0.3) is 0 Å². The predicted molar refractivity (Wildman–Crippen MR) is 128 cm³/mol. The maximum absolute atomic E-state index is 5.98. The maximum Gasteiger partial charge on any atom is 0.119 e. The monoisotopic (exact) mass is 409 g/mol. The highest BCUT2D eigenvalue weighted by Gasteiger charge is 2.18. The Balaban J connectivity index is 1.34. The molecule has 2 aromatic rings. The van der Waals surface area contributed by atoms with Gasteiger partial charge in [0, 0.05) is 38.4 Å². The van der Waals surface area contributed by atoms with Gasteiger partial charge in [0.1, 0.15) is 5.75 Å². The van der Waals surface area contributed by atoms with Crippen molar-refractivity contribution in [1.82, 2.24) is 9.80 Å². The van der Waals surface area contributed by atoms with Crippen LogP contribution in [0.2, 0.25) is 0 Å². The smallest absolute Gasteiger partial charge is 0.119 e. The lowest BCUT2D eigenvalue weighted by atomic mass is 10.1. The topological polar surface area (TPSA) is 19.0 Å². The van der Waals surface area contributed by atoms with Crippen molar-refractivity contribution in [1.29, 1.82) is 0 Å². The number of anilines is 1. The van der Waals surface area contributed by atoms with E-state index in [0.717, 1.165) is 51.5 Å². The molecule has 1 heterocycles. The number of piperazine rings is 1. The second-order valence-corrected chi connectivity index (χ2v) is 8.65. The molecular formula is C26H39N3O. The van der Waals surface area contributed by atoms with Crippen LogP contribution in [0.3, 0.4) is 0 Å². The molecule has 164 valence electrons. The number of hydrogen-bond donors (Lipinski definition) is 0. The fraction of sp³-hybridized carbons (Fsp3) is 0.538. The fourth-order valence-corrected chi connectivity index (χ4v) is 4.24. The Morgan fingerprint density at radius 3 is 2.50 bits per heavy atom. The van der Waals surface area contributed by atoms with E-state index in [1.165, 1.54) is 42.6 Å². The van der Waals surface area contributed by atoms with Gasteiger partial charge < -0.3 is 14.5 Å². The summed E-state index contributed by atoms with van der Waals surface area (Å²) in [6, 6.07) is 17.4. The number of rotatable bonds is 11. The summed E-state index contributed by atoms with van der Waals surface area (Å²) >= 11 is 0. The van der Waals surface area contributed by atoms with Crippen LogP contribution in [0.1, 0.15) is 37.3 Å². The Morgan fingerprint density at radius 2 is 1.73 bits per heavy atom. The van der Waals surface area contributed by atoms with Crippen LogP contribution in [0.15, 0.2) is 48.5 Å². The summed E-state index contributed by atoms with van der Waals surface area (Å²) in [5.41, 5.74) is 4.25. The predicted octanol–water partition coefficient (Wildman–Crippen LogP) is 4.68. The summed E-state index contributed by atoms with van der Waals surface area (Å²) < 4.78 is 5.98. The second kappa shape index (κ2) is 12.0. The Labute approximate surface area is 183 Å². The lowest BCUT2D eigenvalue weighted by Crippen LogP contribution is -2.47. The third kappa shape index (κ3) is 7.03. The highest BCUT2D eigenvalue weighted by atomic mass is 16.5. The molecule has 0 saturated carbocycles. The molecule has 3 rings (SSSR count). The van der Waals surface area contributed by atoms with Gasteiger partial charge in [-0.05, 0) is 69.2 Å². The summed E-state index contributed by atoms with van der Waals surface area (Å²) in [4.78, 5) is 7.36. The number of unbranched alkanes of at least 4 members (excludes halogenated alkanes) is 1. The van der Waals surface area contributed by atoms with E-state index in [0.29, 0.717) is 0 Å². The van der Waals surface area contributed by atoms with Crippen molar-refractivity contribution in [2.24, 2.45) is 0 Å². The van der Waals surface area contributed by atoms with Crippen molar-refractivity contribution >= 4 is 5.69 Å². The minimum absolute atomic E-state index is 0.801. The molecule has 0 radical (unpaired) electrons. The number of ether oxygens (including phenoxy) is 1. The van der Waals surface area contributed by atoms with Crippen molar-refractivity contribution in [3.8, 4) is 5.75 Å². The molecule has 0 amide bonds. The Morgan fingerprint density at radius 1 is 0.933 bits per heavy atom. The van der Waals surface area contributed by atoms with Gasteiger partial charge in [0.05, 0.1) is 6.61 Å². The number of nitrogens with zero attached hydrogens (tertiary/aromatic N) is 3. The summed E-state index contributed by atoms with van der Waals surface area (Å²) in [5, 5.41) is 0. The van der Waals surface area contributed by atoms with Gasteiger partial charge in [-0.3, -0.25) is 4.90 Å². The lowest BCUT2D eigenvalue weighted by Gasteiger charge is -2.37. The van der Waals surface area contributed by atoms with Crippen LogP contribution in [0.25, 0.3) is 0 Å². The molecule has 0 unspecified atom stereocenters. The average molecular weight is 410 g/mol. The summed E-state index contributed by atoms with van der Waals surface area (Å²) in [6.07, 6.45) is 4.69. The van der Waals surface area contributed by atoms with Gasteiger partial charge >= 0.3 is 0 Å². The molecule has 1 fully saturated rings. The molecule has 1 saturated heterocycles. The van der Waals surface area contributed by atoms with Crippen LogP contribution in [0.5, 0.6) is 5.75 Å². The minimum atomic E-state index is 0.801. The Kier molecular flexibility index (Phi) is 9.03. The van der Waals surface area contributed by atoms with Gasteiger partial charge in [-0.15, -0.1) is 0 Å². The van der Waals surface area contributed by atoms with Crippen LogP contribution in [0.4, 0.5) is 5.69 Å². The number of hydrogen-bond acceptors (Lipinski definition) is 4. The molecule has 4 nitrogen and oxygen atoms in total. The van der Waals surface area contributed by atoms with Crippen molar-refractivity contribution in [2.75, 3.05) is 58.3 Å². The largest absolute Gasteiger partial charge is 0.494 e. The first kappa shape index (κ1) is 22.6. The van der Waals surface area contributed by atoms with Crippen molar-refractivity contribution in [3.63, 3.8) is 0 Å². The minimum Gasteiger partial charge on any atom is -0.494 e. The molecule has 1 aliphatic heterocycles. The first-order valence-electron chi connectivity index (χ1n) is 11.6. The summed E-state index contributed by atoms with van der Waals surface area (Å²) in [7, 11) is 4.19. The van der Waals surface area contributed by atoms with E-state index in [4.69, 9.17) is 4.74 Å². The summed E-state index contributed by atoms with van der Waals surface area (Å²) in [5.74, 6) is 0.994. The maximum atomic E-state index is 5.98. The van der Waals surface area contributed by atoms with E-state index < -0.39 is 0 Å². The van der Waals surface area contributed by atoms with Gasteiger partial charge in [-0.2, -0.15) is 0 Å². The first-order chi connectivity index (χ1) is 14.7. The molecule has 0 aliphatic carbocycles. The van der Waals surface area contributed by atoms with Crippen LogP contribution in [-0.2, 0) is 13.0 Å². The molecule has 0 bridgehead atoms. The zero-order chi connectivity index (χ0) is 21.2. The van der Waals surface area contributed by atoms with Crippen molar-refractivity contribution in [3.05, 3.63) is 59.7 Å². The molecule has 1 aliphatic rings. The number of aryl methyl sites for hydroxylation is 1. The van der Waals surface area contributed by atoms with Gasteiger partial charge in [0.2, 0.25) is 0 Å². The van der Waals surface area contributed by atoms with Crippen molar-refractivity contribution < 1.29 is 4.74 Å². The molecule has 2 aromatic carbocycles. The van der Waals surface area contributed by atoms with Gasteiger partial charge in [0.15, 0.2) is 0 Å². The van der Waals surface area contributed by atoms with Crippen LogP contribution in [-0.4, -0.2) is 63.2 Å². The van der Waals surface area contributed by atoms with Crippen molar-refractivity contribution in [2.45, 2.75) is 39.2 Å².